The zero-order chi connectivity index (χ0) is 17.5. The van der Waals surface area contributed by atoms with E-state index in [2.05, 4.69) is 77.6 Å². The van der Waals surface area contributed by atoms with Crippen LogP contribution in [0.4, 0.5) is 5.69 Å². The van der Waals surface area contributed by atoms with Crippen molar-refractivity contribution in [2.45, 2.75) is 45.3 Å². The summed E-state index contributed by atoms with van der Waals surface area (Å²) in [6.45, 7) is 7.66. The molecule has 2 rings (SSSR count). The first-order valence-electron chi connectivity index (χ1n) is 8.97. The van der Waals surface area contributed by atoms with Gasteiger partial charge in [0.05, 0.1) is 0 Å². The normalized spacial score (nSPS) is 17.2. The number of guanidine groups is 1. The number of aliphatic imine (C=N–C) groups is 1. The predicted octanol–water partition coefficient (Wildman–Crippen LogP) is 2.29. The fraction of sp³-hybridized carbons (Fsp3) is 0.632. The molecule has 2 N–H and O–H groups in total. The number of anilines is 1. The second-order valence-electron chi connectivity index (χ2n) is 7.04. The lowest BCUT2D eigenvalue weighted by Gasteiger charge is -2.35. The molecule has 0 radical (unpaired) electrons. The molecule has 1 heterocycles. The van der Waals surface area contributed by atoms with Crippen LogP contribution in [0.15, 0.2) is 29.3 Å². The monoisotopic (exact) mass is 331 g/mol. The third-order valence-electron chi connectivity index (χ3n) is 4.71. The summed E-state index contributed by atoms with van der Waals surface area (Å²) < 4.78 is 0. The molecule has 134 valence electrons. The first-order chi connectivity index (χ1) is 11.5. The van der Waals surface area contributed by atoms with Crippen molar-refractivity contribution in [1.29, 1.82) is 0 Å². The van der Waals surface area contributed by atoms with Gasteiger partial charge in [-0.2, -0.15) is 0 Å². The SMILES string of the molecule is CN=C(NCc1cccc(N(C)C)c1)NC1CCN(C(C)C)CC1. The van der Waals surface area contributed by atoms with E-state index in [1.165, 1.54) is 24.1 Å². The molecule has 0 bridgehead atoms. The fourth-order valence-electron chi connectivity index (χ4n) is 3.08. The van der Waals surface area contributed by atoms with Crippen molar-refractivity contribution in [2.24, 2.45) is 4.99 Å². The van der Waals surface area contributed by atoms with E-state index in [1.54, 1.807) is 0 Å². The van der Waals surface area contributed by atoms with E-state index in [-0.39, 0.29) is 0 Å². The number of hydrogen-bond donors (Lipinski definition) is 2. The molecule has 0 amide bonds. The number of benzene rings is 1. The Morgan fingerprint density at radius 1 is 1.29 bits per heavy atom. The molecule has 24 heavy (non-hydrogen) atoms. The third-order valence-corrected chi connectivity index (χ3v) is 4.71. The van der Waals surface area contributed by atoms with Gasteiger partial charge in [-0.1, -0.05) is 12.1 Å². The number of nitrogens with zero attached hydrogens (tertiary/aromatic N) is 3. The van der Waals surface area contributed by atoms with Gasteiger partial charge in [0.1, 0.15) is 0 Å². The van der Waals surface area contributed by atoms with Crippen LogP contribution in [0.2, 0.25) is 0 Å². The summed E-state index contributed by atoms with van der Waals surface area (Å²) in [4.78, 5) is 9.05. The van der Waals surface area contributed by atoms with Crippen molar-refractivity contribution in [1.82, 2.24) is 15.5 Å². The summed E-state index contributed by atoms with van der Waals surface area (Å²) >= 11 is 0. The zero-order valence-corrected chi connectivity index (χ0v) is 15.8. The lowest BCUT2D eigenvalue weighted by atomic mass is 10.0. The Bertz CT molecular complexity index is 530. The fourth-order valence-corrected chi connectivity index (χ4v) is 3.08. The van der Waals surface area contributed by atoms with Gasteiger partial charge < -0.3 is 20.4 Å². The minimum Gasteiger partial charge on any atom is -0.378 e. The van der Waals surface area contributed by atoms with E-state index < -0.39 is 0 Å². The Kier molecular flexibility index (Phi) is 6.91. The molecule has 5 nitrogen and oxygen atoms in total. The minimum absolute atomic E-state index is 0.513. The van der Waals surface area contributed by atoms with Crippen LogP contribution in [-0.4, -0.2) is 57.2 Å². The molecule has 1 fully saturated rings. The van der Waals surface area contributed by atoms with Crippen molar-refractivity contribution in [3.8, 4) is 0 Å². The Morgan fingerprint density at radius 2 is 2.00 bits per heavy atom. The second kappa shape index (κ2) is 8.92. The summed E-state index contributed by atoms with van der Waals surface area (Å²) in [5.41, 5.74) is 2.48. The van der Waals surface area contributed by atoms with Gasteiger partial charge in [0.25, 0.3) is 0 Å². The van der Waals surface area contributed by atoms with Crippen LogP contribution in [0.25, 0.3) is 0 Å². The smallest absolute Gasteiger partial charge is 0.191 e. The molecule has 1 saturated heterocycles. The molecule has 0 atom stereocenters. The maximum Gasteiger partial charge on any atom is 0.191 e. The van der Waals surface area contributed by atoms with Crippen LogP contribution in [-0.2, 0) is 6.54 Å². The largest absolute Gasteiger partial charge is 0.378 e. The van der Waals surface area contributed by atoms with Crippen molar-refractivity contribution in [3.05, 3.63) is 29.8 Å². The van der Waals surface area contributed by atoms with Gasteiger partial charge in [-0.05, 0) is 44.4 Å². The van der Waals surface area contributed by atoms with E-state index in [0.717, 1.165) is 25.6 Å². The molecule has 1 aromatic rings. The van der Waals surface area contributed by atoms with Crippen LogP contribution >= 0.6 is 0 Å². The third kappa shape index (κ3) is 5.41. The van der Waals surface area contributed by atoms with Gasteiger partial charge in [-0.15, -0.1) is 0 Å². The highest BCUT2D eigenvalue weighted by molar-refractivity contribution is 5.80. The summed E-state index contributed by atoms with van der Waals surface area (Å²) in [7, 11) is 5.97. The lowest BCUT2D eigenvalue weighted by Crippen LogP contribution is -2.49. The quantitative estimate of drug-likeness (QED) is 0.642. The van der Waals surface area contributed by atoms with Crippen LogP contribution in [0.1, 0.15) is 32.3 Å². The molecule has 0 unspecified atom stereocenters. The number of piperidine rings is 1. The van der Waals surface area contributed by atoms with E-state index >= 15 is 0 Å². The first kappa shape index (κ1) is 18.6. The first-order valence-corrected chi connectivity index (χ1v) is 8.97. The molecular formula is C19H33N5. The molecule has 0 saturated carbocycles. The summed E-state index contributed by atoms with van der Waals surface area (Å²) in [5.74, 6) is 0.897. The van der Waals surface area contributed by atoms with Crippen molar-refractivity contribution >= 4 is 11.6 Å². The summed E-state index contributed by atoms with van der Waals surface area (Å²) in [6, 6.07) is 9.74. The standard InChI is InChI=1S/C19H33N5/c1-15(2)24-11-9-17(10-12-24)22-19(20-3)21-14-16-7-6-8-18(13-16)23(4)5/h6-8,13,15,17H,9-12,14H2,1-5H3,(H2,20,21,22). The van der Waals surface area contributed by atoms with Crippen molar-refractivity contribution < 1.29 is 0 Å². The average Bonchev–Trinajstić information content (AvgIpc) is 2.59. The number of nitrogens with one attached hydrogen (secondary N) is 2. The van der Waals surface area contributed by atoms with Crippen LogP contribution < -0.4 is 15.5 Å². The Morgan fingerprint density at radius 3 is 2.58 bits per heavy atom. The van der Waals surface area contributed by atoms with Gasteiger partial charge in [0.15, 0.2) is 5.96 Å². The highest BCUT2D eigenvalue weighted by Gasteiger charge is 2.21. The summed E-state index contributed by atoms with van der Waals surface area (Å²) in [6.07, 6.45) is 2.35. The molecule has 1 aliphatic rings. The topological polar surface area (TPSA) is 42.9 Å². The highest BCUT2D eigenvalue weighted by Crippen LogP contribution is 2.14. The van der Waals surface area contributed by atoms with Gasteiger partial charge in [-0.25, -0.2) is 0 Å². The lowest BCUT2D eigenvalue weighted by molar-refractivity contribution is 0.167. The van der Waals surface area contributed by atoms with Crippen LogP contribution in [0, 0.1) is 0 Å². The number of rotatable bonds is 5. The second-order valence-corrected chi connectivity index (χ2v) is 7.04. The molecule has 0 spiro atoms. The Balaban J connectivity index is 1.82. The van der Waals surface area contributed by atoms with E-state index in [9.17, 15) is 0 Å². The molecule has 5 heteroatoms. The van der Waals surface area contributed by atoms with Gasteiger partial charge in [-0.3, -0.25) is 4.99 Å². The Labute approximate surface area is 147 Å². The van der Waals surface area contributed by atoms with Gasteiger partial charge in [0.2, 0.25) is 0 Å². The van der Waals surface area contributed by atoms with Gasteiger partial charge in [0, 0.05) is 58.5 Å². The van der Waals surface area contributed by atoms with Crippen molar-refractivity contribution in [3.63, 3.8) is 0 Å². The number of hydrogen-bond acceptors (Lipinski definition) is 3. The van der Waals surface area contributed by atoms with E-state index in [0.29, 0.717) is 12.1 Å². The maximum atomic E-state index is 4.38. The van der Waals surface area contributed by atoms with Gasteiger partial charge >= 0.3 is 0 Å². The molecule has 1 aliphatic heterocycles. The summed E-state index contributed by atoms with van der Waals surface area (Å²) in [5, 5.41) is 7.01. The molecule has 1 aromatic carbocycles. The number of likely N-dealkylation sites (tertiary alicyclic amines) is 1. The van der Waals surface area contributed by atoms with Crippen LogP contribution in [0.5, 0.6) is 0 Å². The molecule has 0 aromatic heterocycles. The molecular weight excluding hydrogens is 298 g/mol. The predicted molar refractivity (Wildman–Crippen MR) is 104 cm³/mol. The minimum atomic E-state index is 0.513. The maximum absolute atomic E-state index is 4.38. The van der Waals surface area contributed by atoms with E-state index in [4.69, 9.17) is 0 Å². The van der Waals surface area contributed by atoms with Crippen LogP contribution in [0.3, 0.4) is 0 Å². The van der Waals surface area contributed by atoms with E-state index in [1.807, 2.05) is 7.05 Å². The average molecular weight is 332 g/mol. The van der Waals surface area contributed by atoms with Crippen molar-refractivity contribution in [2.75, 3.05) is 39.1 Å². The Hall–Kier alpha value is -1.75. The highest BCUT2D eigenvalue weighted by atomic mass is 15.2. The molecule has 0 aliphatic carbocycles. The zero-order valence-electron chi connectivity index (χ0n) is 15.8.